The molecule has 2 aromatic rings. The zero-order valence-corrected chi connectivity index (χ0v) is 11.6. The number of aromatic nitrogens is 3. The largest absolute Gasteiger partial charge is 0.384 e. The number of pyridine rings is 1. The second-order valence-corrected chi connectivity index (χ2v) is 4.64. The van der Waals surface area contributed by atoms with E-state index in [9.17, 15) is 0 Å². The molecule has 2 aromatic heterocycles. The van der Waals surface area contributed by atoms with Crippen molar-refractivity contribution in [3.63, 3.8) is 0 Å². The molecule has 0 radical (unpaired) electrons. The summed E-state index contributed by atoms with van der Waals surface area (Å²) in [6.07, 6.45) is 5.52. The number of hydrogen-bond donors (Lipinski definition) is 1. The van der Waals surface area contributed by atoms with Gasteiger partial charge in [0.25, 0.3) is 0 Å². The lowest BCUT2D eigenvalue weighted by atomic mass is 10.1. The smallest absolute Gasteiger partial charge is 0.130 e. The molecule has 0 bridgehead atoms. The summed E-state index contributed by atoms with van der Waals surface area (Å²) in [5.41, 5.74) is 9.01. The average Bonchev–Trinajstić information content (AvgIpc) is 2.39. The van der Waals surface area contributed by atoms with Crippen LogP contribution in [0.4, 0.5) is 5.82 Å². The highest BCUT2D eigenvalue weighted by Crippen LogP contribution is 2.10. The summed E-state index contributed by atoms with van der Waals surface area (Å²) in [6.45, 7) is 4.23. The molecule has 2 heterocycles. The van der Waals surface area contributed by atoms with Gasteiger partial charge < -0.3 is 5.73 Å². The molecular formula is C15H20N4. The zero-order chi connectivity index (χ0) is 13.7. The van der Waals surface area contributed by atoms with Crippen LogP contribution in [0.5, 0.6) is 0 Å². The minimum Gasteiger partial charge on any atom is -0.384 e. The normalized spacial score (nSPS) is 10.6. The Balaban J connectivity index is 2.17. The van der Waals surface area contributed by atoms with Crippen LogP contribution in [-0.4, -0.2) is 15.0 Å². The van der Waals surface area contributed by atoms with Gasteiger partial charge in [0.2, 0.25) is 0 Å². The van der Waals surface area contributed by atoms with E-state index in [2.05, 4.69) is 40.9 Å². The van der Waals surface area contributed by atoms with Gasteiger partial charge in [-0.05, 0) is 24.5 Å². The zero-order valence-electron chi connectivity index (χ0n) is 11.6. The fourth-order valence-electron chi connectivity index (χ4n) is 1.96. The monoisotopic (exact) mass is 256 g/mol. The van der Waals surface area contributed by atoms with Crippen LogP contribution in [0.2, 0.25) is 0 Å². The molecule has 0 aromatic carbocycles. The molecule has 0 atom stereocenters. The molecule has 0 amide bonds. The van der Waals surface area contributed by atoms with E-state index in [0.717, 1.165) is 36.5 Å². The topological polar surface area (TPSA) is 64.7 Å². The lowest BCUT2D eigenvalue weighted by molar-refractivity contribution is 0.818. The van der Waals surface area contributed by atoms with E-state index in [-0.39, 0.29) is 0 Å². The third kappa shape index (κ3) is 3.74. The molecule has 0 aliphatic carbocycles. The Bertz CT molecular complexity index is 534. The maximum absolute atomic E-state index is 5.82. The molecule has 0 spiro atoms. The molecule has 0 fully saturated rings. The maximum atomic E-state index is 5.82. The van der Waals surface area contributed by atoms with Crippen LogP contribution in [0.25, 0.3) is 0 Å². The molecule has 0 saturated carbocycles. The van der Waals surface area contributed by atoms with Gasteiger partial charge in [-0.15, -0.1) is 0 Å². The minimum absolute atomic E-state index is 0.540. The Hall–Kier alpha value is -1.97. The van der Waals surface area contributed by atoms with Gasteiger partial charge >= 0.3 is 0 Å². The first-order valence-electron chi connectivity index (χ1n) is 6.77. The highest BCUT2D eigenvalue weighted by molar-refractivity contribution is 5.31. The predicted octanol–water partition coefficient (Wildman–Crippen LogP) is 2.56. The van der Waals surface area contributed by atoms with Crippen LogP contribution >= 0.6 is 0 Å². The van der Waals surface area contributed by atoms with Crippen LogP contribution in [0.3, 0.4) is 0 Å². The highest BCUT2D eigenvalue weighted by Gasteiger charge is 2.04. The second kappa shape index (κ2) is 6.27. The van der Waals surface area contributed by atoms with E-state index < -0.39 is 0 Å². The summed E-state index contributed by atoms with van der Waals surface area (Å²) in [5.74, 6) is 1.36. The first-order valence-corrected chi connectivity index (χ1v) is 6.77. The van der Waals surface area contributed by atoms with Gasteiger partial charge in [0.05, 0.1) is 5.69 Å². The number of hydrogen-bond acceptors (Lipinski definition) is 4. The number of aryl methyl sites for hydroxylation is 2. The molecule has 0 aliphatic rings. The predicted molar refractivity (Wildman–Crippen MR) is 76.9 cm³/mol. The van der Waals surface area contributed by atoms with Gasteiger partial charge in [0.1, 0.15) is 11.6 Å². The number of nitrogens with zero attached hydrogens (tertiary/aromatic N) is 3. The molecule has 2 rings (SSSR count). The van der Waals surface area contributed by atoms with Crippen molar-refractivity contribution < 1.29 is 0 Å². The lowest BCUT2D eigenvalue weighted by Gasteiger charge is -2.05. The first-order chi connectivity index (χ1) is 9.21. The standard InChI is InChI=1S/C15H20N4/c1-3-5-15-18-13(9-14(16)19-15)8-12-7-6-11(4-2)10-17-12/h6-7,9-10H,3-5,8H2,1-2H3,(H2,16,18,19). The highest BCUT2D eigenvalue weighted by atomic mass is 14.9. The Morgan fingerprint density at radius 1 is 1.11 bits per heavy atom. The molecule has 0 saturated heterocycles. The van der Waals surface area contributed by atoms with Gasteiger partial charge in [-0.2, -0.15) is 0 Å². The van der Waals surface area contributed by atoms with Crippen LogP contribution < -0.4 is 5.73 Å². The third-order valence-electron chi connectivity index (χ3n) is 2.98. The van der Waals surface area contributed by atoms with Gasteiger partial charge in [0.15, 0.2) is 0 Å². The molecule has 4 nitrogen and oxygen atoms in total. The Morgan fingerprint density at radius 3 is 2.58 bits per heavy atom. The van der Waals surface area contributed by atoms with Gasteiger partial charge in [-0.25, -0.2) is 9.97 Å². The summed E-state index contributed by atoms with van der Waals surface area (Å²) in [6, 6.07) is 5.99. The van der Waals surface area contributed by atoms with E-state index in [4.69, 9.17) is 5.73 Å². The Labute approximate surface area is 114 Å². The van der Waals surface area contributed by atoms with E-state index in [0.29, 0.717) is 12.2 Å². The SMILES string of the molecule is CCCc1nc(N)cc(Cc2ccc(CC)cn2)n1. The van der Waals surface area contributed by atoms with Crippen LogP contribution in [0.15, 0.2) is 24.4 Å². The van der Waals surface area contributed by atoms with Gasteiger partial charge in [-0.1, -0.05) is 19.9 Å². The van der Waals surface area contributed by atoms with Crippen LogP contribution in [0, 0.1) is 0 Å². The third-order valence-corrected chi connectivity index (χ3v) is 2.98. The summed E-state index contributed by atoms with van der Waals surface area (Å²) in [4.78, 5) is 13.2. The van der Waals surface area contributed by atoms with Crippen molar-refractivity contribution in [2.24, 2.45) is 0 Å². The Morgan fingerprint density at radius 2 is 1.95 bits per heavy atom. The quantitative estimate of drug-likeness (QED) is 0.893. The minimum atomic E-state index is 0.540. The number of nitrogens with two attached hydrogens (primary N) is 1. The molecule has 100 valence electrons. The van der Waals surface area contributed by atoms with Crippen molar-refractivity contribution in [3.8, 4) is 0 Å². The number of rotatable bonds is 5. The molecule has 4 heteroatoms. The van der Waals surface area contributed by atoms with Crippen molar-refractivity contribution in [3.05, 3.63) is 47.2 Å². The summed E-state index contributed by atoms with van der Waals surface area (Å²) < 4.78 is 0. The fourth-order valence-corrected chi connectivity index (χ4v) is 1.96. The van der Waals surface area contributed by atoms with E-state index in [1.807, 2.05) is 12.3 Å². The Kier molecular flexibility index (Phi) is 4.44. The molecule has 19 heavy (non-hydrogen) atoms. The lowest BCUT2D eigenvalue weighted by Crippen LogP contribution is -2.04. The maximum Gasteiger partial charge on any atom is 0.130 e. The van der Waals surface area contributed by atoms with Crippen molar-refractivity contribution in [2.75, 3.05) is 5.73 Å². The van der Waals surface area contributed by atoms with Gasteiger partial charge in [0, 0.05) is 30.8 Å². The van der Waals surface area contributed by atoms with Gasteiger partial charge in [-0.3, -0.25) is 4.98 Å². The molecular weight excluding hydrogens is 236 g/mol. The number of nitrogen functional groups attached to an aromatic ring is 1. The fraction of sp³-hybridized carbons (Fsp3) is 0.400. The summed E-state index contributed by atoms with van der Waals surface area (Å²) in [7, 11) is 0. The first kappa shape index (κ1) is 13.5. The van der Waals surface area contributed by atoms with Crippen molar-refractivity contribution in [1.82, 2.24) is 15.0 Å². The molecule has 0 unspecified atom stereocenters. The van der Waals surface area contributed by atoms with E-state index >= 15 is 0 Å². The van der Waals surface area contributed by atoms with E-state index in [1.54, 1.807) is 0 Å². The second-order valence-electron chi connectivity index (χ2n) is 4.64. The van der Waals surface area contributed by atoms with E-state index in [1.165, 1.54) is 5.56 Å². The molecule has 2 N–H and O–H groups in total. The van der Waals surface area contributed by atoms with Crippen LogP contribution in [-0.2, 0) is 19.3 Å². The summed E-state index contributed by atoms with van der Waals surface area (Å²) >= 11 is 0. The number of anilines is 1. The van der Waals surface area contributed by atoms with Crippen molar-refractivity contribution >= 4 is 5.82 Å². The van der Waals surface area contributed by atoms with Crippen LogP contribution in [0.1, 0.15) is 43.0 Å². The molecule has 0 aliphatic heterocycles. The van der Waals surface area contributed by atoms with Crippen molar-refractivity contribution in [1.29, 1.82) is 0 Å². The van der Waals surface area contributed by atoms with Crippen molar-refractivity contribution in [2.45, 2.75) is 39.5 Å². The summed E-state index contributed by atoms with van der Waals surface area (Å²) in [5, 5.41) is 0. The average molecular weight is 256 g/mol.